The van der Waals surface area contributed by atoms with Gasteiger partial charge in [0.2, 0.25) is 0 Å². The zero-order chi connectivity index (χ0) is 10.3. The molecule has 0 saturated heterocycles. The van der Waals surface area contributed by atoms with Crippen molar-refractivity contribution in [3.8, 4) is 0 Å². The number of rotatable bonds is 6. The van der Waals surface area contributed by atoms with Gasteiger partial charge in [-0.3, -0.25) is 4.79 Å². The maximum atomic E-state index is 11.1. The molecule has 0 aromatic heterocycles. The van der Waals surface area contributed by atoms with Gasteiger partial charge in [0.1, 0.15) is 0 Å². The van der Waals surface area contributed by atoms with Crippen molar-refractivity contribution in [3.05, 3.63) is 0 Å². The summed E-state index contributed by atoms with van der Waals surface area (Å²) in [6.07, 6.45) is 2.02. The molecule has 3 nitrogen and oxygen atoms in total. The first kappa shape index (κ1) is 12.4. The van der Waals surface area contributed by atoms with Crippen molar-refractivity contribution in [1.29, 1.82) is 0 Å². The molecule has 0 rings (SSSR count). The zero-order valence-electron chi connectivity index (χ0n) is 8.80. The highest BCUT2D eigenvalue weighted by Gasteiger charge is 2.21. The van der Waals surface area contributed by atoms with Gasteiger partial charge in [-0.2, -0.15) is 0 Å². The van der Waals surface area contributed by atoms with E-state index in [9.17, 15) is 4.79 Å². The van der Waals surface area contributed by atoms with Gasteiger partial charge in [-0.1, -0.05) is 13.8 Å². The molecule has 0 unspecified atom stereocenters. The molecule has 1 N–H and O–H groups in total. The van der Waals surface area contributed by atoms with Crippen LogP contribution in [0.1, 0.15) is 40.0 Å². The summed E-state index contributed by atoms with van der Waals surface area (Å²) in [7, 11) is 0. The van der Waals surface area contributed by atoms with E-state index in [4.69, 9.17) is 9.84 Å². The molecular weight excluding hydrogens is 168 g/mol. The van der Waals surface area contributed by atoms with Gasteiger partial charge in [0.05, 0.1) is 13.0 Å². The molecule has 78 valence electrons. The fourth-order valence-corrected chi connectivity index (χ4v) is 1.25. The Balaban J connectivity index is 3.79. The molecule has 0 radical (unpaired) electrons. The van der Waals surface area contributed by atoms with E-state index in [-0.39, 0.29) is 18.0 Å². The normalized spacial score (nSPS) is 11.4. The summed E-state index contributed by atoms with van der Waals surface area (Å²) < 4.78 is 4.86. The summed E-state index contributed by atoms with van der Waals surface area (Å²) in [6.45, 7) is 6.46. The van der Waals surface area contributed by atoms with Gasteiger partial charge in [0, 0.05) is 6.61 Å². The molecule has 0 aromatic carbocycles. The molecular formula is C10H20O3. The van der Waals surface area contributed by atoms with Crippen molar-refractivity contribution in [2.24, 2.45) is 5.41 Å². The van der Waals surface area contributed by atoms with E-state index in [1.54, 1.807) is 6.92 Å². The molecule has 0 aliphatic carbocycles. The molecule has 0 heterocycles. The molecule has 0 atom stereocenters. The highest BCUT2D eigenvalue weighted by Crippen LogP contribution is 2.26. The van der Waals surface area contributed by atoms with Crippen molar-refractivity contribution in [1.82, 2.24) is 0 Å². The van der Waals surface area contributed by atoms with E-state index in [2.05, 4.69) is 0 Å². The van der Waals surface area contributed by atoms with E-state index in [0.29, 0.717) is 13.0 Å². The van der Waals surface area contributed by atoms with Crippen LogP contribution in [0.3, 0.4) is 0 Å². The Morgan fingerprint density at radius 3 is 2.54 bits per heavy atom. The zero-order valence-corrected chi connectivity index (χ0v) is 8.80. The van der Waals surface area contributed by atoms with E-state index in [1.807, 2.05) is 13.8 Å². The van der Waals surface area contributed by atoms with E-state index < -0.39 is 0 Å². The Labute approximate surface area is 80.1 Å². The number of carbonyl (C=O) groups is 1. The van der Waals surface area contributed by atoms with Crippen molar-refractivity contribution in [3.63, 3.8) is 0 Å². The number of aliphatic hydroxyl groups is 1. The minimum Gasteiger partial charge on any atom is -0.466 e. The van der Waals surface area contributed by atoms with E-state index in [0.717, 1.165) is 12.8 Å². The largest absolute Gasteiger partial charge is 0.466 e. The van der Waals surface area contributed by atoms with Gasteiger partial charge in [-0.25, -0.2) is 0 Å². The lowest BCUT2D eigenvalue weighted by atomic mass is 9.84. The van der Waals surface area contributed by atoms with Gasteiger partial charge < -0.3 is 9.84 Å². The Kier molecular flexibility index (Phi) is 5.71. The second-order valence-electron chi connectivity index (χ2n) is 3.97. The van der Waals surface area contributed by atoms with Crippen LogP contribution in [-0.2, 0) is 9.53 Å². The van der Waals surface area contributed by atoms with Crippen LogP contribution >= 0.6 is 0 Å². The van der Waals surface area contributed by atoms with Gasteiger partial charge in [0.15, 0.2) is 0 Å². The fraction of sp³-hybridized carbons (Fsp3) is 0.900. The molecule has 3 heteroatoms. The number of ether oxygens (including phenoxy) is 1. The number of aliphatic hydroxyl groups excluding tert-OH is 1. The van der Waals surface area contributed by atoms with E-state index in [1.165, 1.54) is 0 Å². The first-order chi connectivity index (χ1) is 6.02. The molecule has 0 aliphatic heterocycles. The maximum Gasteiger partial charge on any atom is 0.306 e. The van der Waals surface area contributed by atoms with Crippen LogP contribution in [0.25, 0.3) is 0 Å². The lowest BCUT2D eigenvalue weighted by molar-refractivity contribution is -0.145. The van der Waals surface area contributed by atoms with Crippen molar-refractivity contribution in [2.45, 2.75) is 40.0 Å². The highest BCUT2D eigenvalue weighted by atomic mass is 16.5. The predicted octanol–water partition coefficient (Wildman–Crippen LogP) is 1.74. The minimum absolute atomic E-state index is 0.0605. The molecule has 0 bridgehead atoms. The Morgan fingerprint density at radius 2 is 2.08 bits per heavy atom. The van der Waals surface area contributed by atoms with Crippen molar-refractivity contribution >= 4 is 5.97 Å². The first-order valence-electron chi connectivity index (χ1n) is 4.78. The number of esters is 1. The fourth-order valence-electron chi connectivity index (χ4n) is 1.25. The number of hydrogen-bond acceptors (Lipinski definition) is 3. The third kappa shape index (κ3) is 6.58. The van der Waals surface area contributed by atoms with Crippen LogP contribution in [0.4, 0.5) is 0 Å². The average molecular weight is 188 g/mol. The second kappa shape index (κ2) is 5.97. The summed E-state index contributed by atoms with van der Waals surface area (Å²) >= 11 is 0. The smallest absolute Gasteiger partial charge is 0.306 e. The monoisotopic (exact) mass is 188 g/mol. The number of hydrogen-bond donors (Lipinski definition) is 1. The van der Waals surface area contributed by atoms with Crippen LogP contribution < -0.4 is 0 Å². The van der Waals surface area contributed by atoms with E-state index >= 15 is 0 Å². The van der Waals surface area contributed by atoms with Gasteiger partial charge >= 0.3 is 5.97 Å². The van der Waals surface area contributed by atoms with Gasteiger partial charge in [-0.15, -0.1) is 0 Å². The van der Waals surface area contributed by atoms with Crippen LogP contribution in [0.2, 0.25) is 0 Å². The second-order valence-corrected chi connectivity index (χ2v) is 3.97. The molecule has 0 aromatic rings. The van der Waals surface area contributed by atoms with Gasteiger partial charge in [0.25, 0.3) is 0 Å². The summed E-state index contributed by atoms with van der Waals surface area (Å²) in [6, 6.07) is 0. The molecule has 0 spiro atoms. The third-order valence-corrected chi connectivity index (χ3v) is 1.94. The summed E-state index contributed by atoms with van der Waals surface area (Å²) in [5.74, 6) is -0.148. The molecule has 0 aliphatic rings. The Morgan fingerprint density at radius 1 is 1.46 bits per heavy atom. The maximum absolute atomic E-state index is 11.1. The summed E-state index contributed by atoms with van der Waals surface area (Å²) in [5, 5.41) is 8.65. The van der Waals surface area contributed by atoms with Crippen molar-refractivity contribution < 1.29 is 14.6 Å². The minimum atomic E-state index is -0.148. The number of carbonyl (C=O) groups excluding carboxylic acids is 1. The SMILES string of the molecule is CCOC(=O)CC(C)(C)CCCO. The summed E-state index contributed by atoms with van der Waals surface area (Å²) in [5.41, 5.74) is -0.0605. The Hall–Kier alpha value is -0.570. The topological polar surface area (TPSA) is 46.5 Å². The summed E-state index contributed by atoms with van der Waals surface area (Å²) in [4.78, 5) is 11.1. The van der Waals surface area contributed by atoms with Crippen LogP contribution in [0, 0.1) is 5.41 Å². The molecule has 0 saturated carbocycles. The van der Waals surface area contributed by atoms with Crippen molar-refractivity contribution in [2.75, 3.05) is 13.2 Å². The molecule has 0 fully saturated rings. The lowest BCUT2D eigenvalue weighted by Gasteiger charge is -2.22. The average Bonchev–Trinajstić information content (AvgIpc) is 2.00. The molecule has 13 heavy (non-hydrogen) atoms. The standard InChI is InChI=1S/C10H20O3/c1-4-13-9(12)8-10(2,3)6-5-7-11/h11H,4-8H2,1-3H3. The third-order valence-electron chi connectivity index (χ3n) is 1.94. The highest BCUT2D eigenvalue weighted by molar-refractivity contribution is 5.70. The van der Waals surface area contributed by atoms with Crippen LogP contribution in [0.15, 0.2) is 0 Å². The molecule has 0 amide bonds. The van der Waals surface area contributed by atoms with Crippen LogP contribution in [0.5, 0.6) is 0 Å². The van der Waals surface area contributed by atoms with Crippen LogP contribution in [-0.4, -0.2) is 24.3 Å². The first-order valence-corrected chi connectivity index (χ1v) is 4.78. The lowest BCUT2D eigenvalue weighted by Crippen LogP contribution is -2.19. The predicted molar refractivity (Wildman–Crippen MR) is 51.4 cm³/mol. The Bertz CT molecular complexity index is 152. The quantitative estimate of drug-likeness (QED) is 0.646. The van der Waals surface area contributed by atoms with Gasteiger partial charge in [-0.05, 0) is 25.2 Å².